The van der Waals surface area contributed by atoms with Crippen LogP contribution in [0.3, 0.4) is 0 Å². The highest BCUT2D eigenvalue weighted by atomic mass is 19.1. The van der Waals surface area contributed by atoms with Gasteiger partial charge in [-0.3, -0.25) is 4.99 Å². The Bertz CT molecular complexity index is 503. The Balaban J connectivity index is 2.28. The van der Waals surface area contributed by atoms with Gasteiger partial charge in [0.05, 0.1) is 5.69 Å². The minimum Gasteiger partial charge on any atom is -0.256 e. The molecule has 0 saturated heterocycles. The summed E-state index contributed by atoms with van der Waals surface area (Å²) in [6.45, 7) is 1.73. The molecular weight excluding hydrogens is 201 g/mol. The molecular formula is C14H12FN. The summed E-state index contributed by atoms with van der Waals surface area (Å²) in [6, 6.07) is 14.7. The van der Waals surface area contributed by atoms with Crippen molar-refractivity contribution in [3.8, 4) is 0 Å². The van der Waals surface area contributed by atoms with Crippen LogP contribution in [0.5, 0.6) is 0 Å². The Hall–Kier alpha value is -1.96. The van der Waals surface area contributed by atoms with Gasteiger partial charge in [0.15, 0.2) is 0 Å². The summed E-state index contributed by atoms with van der Waals surface area (Å²) in [5.74, 6) is -0.220. The molecule has 2 rings (SSSR count). The first-order valence-electron chi connectivity index (χ1n) is 5.11. The monoisotopic (exact) mass is 213 g/mol. The van der Waals surface area contributed by atoms with E-state index in [4.69, 9.17) is 0 Å². The van der Waals surface area contributed by atoms with Gasteiger partial charge in [0.1, 0.15) is 5.82 Å². The minimum atomic E-state index is -0.220. The molecule has 2 heteroatoms. The first-order chi connectivity index (χ1) is 7.77. The Morgan fingerprint density at radius 2 is 1.75 bits per heavy atom. The maximum Gasteiger partial charge on any atom is 0.128 e. The average Bonchev–Trinajstić information content (AvgIpc) is 2.32. The van der Waals surface area contributed by atoms with Crippen LogP contribution in [-0.2, 0) is 0 Å². The number of aliphatic imine (C=N–C) groups is 1. The van der Waals surface area contributed by atoms with E-state index < -0.39 is 0 Å². The molecule has 0 aliphatic carbocycles. The molecule has 0 atom stereocenters. The molecule has 2 aromatic carbocycles. The maximum absolute atomic E-state index is 13.2. The van der Waals surface area contributed by atoms with Crippen molar-refractivity contribution in [1.29, 1.82) is 0 Å². The minimum absolute atomic E-state index is 0.220. The molecule has 16 heavy (non-hydrogen) atoms. The zero-order valence-electron chi connectivity index (χ0n) is 9.02. The largest absolute Gasteiger partial charge is 0.256 e. The van der Waals surface area contributed by atoms with Gasteiger partial charge in [0, 0.05) is 11.8 Å². The Kier molecular flexibility index (Phi) is 3.10. The summed E-state index contributed by atoms with van der Waals surface area (Å²) in [6.07, 6.45) is 1.74. The van der Waals surface area contributed by atoms with Crippen LogP contribution in [0.1, 0.15) is 11.1 Å². The van der Waals surface area contributed by atoms with Crippen molar-refractivity contribution in [2.45, 2.75) is 6.92 Å². The molecule has 0 N–H and O–H groups in total. The molecule has 0 saturated carbocycles. The highest BCUT2D eigenvalue weighted by molar-refractivity contribution is 5.82. The van der Waals surface area contributed by atoms with E-state index in [2.05, 4.69) is 4.99 Å². The summed E-state index contributed by atoms with van der Waals surface area (Å²) in [5, 5.41) is 0. The Labute approximate surface area is 94.3 Å². The molecule has 80 valence electrons. The number of hydrogen-bond acceptors (Lipinski definition) is 1. The standard InChI is InChI=1S/C14H12FN/c1-11-13(15)8-5-9-14(11)16-10-12-6-3-2-4-7-12/h2-10H,1H3. The second kappa shape index (κ2) is 4.71. The lowest BCUT2D eigenvalue weighted by atomic mass is 10.2. The van der Waals surface area contributed by atoms with E-state index in [0.717, 1.165) is 5.56 Å². The third-order valence-electron chi connectivity index (χ3n) is 2.39. The topological polar surface area (TPSA) is 12.4 Å². The fourth-order valence-electron chi connectivity index (χ4n) is 1.42. The van der Waals surface area contributed by atoms with Crippen LogP contribution in [0.4, 0.5) is 10.1 Å². The molecule has 0 bridgehead atoms. The first-order valence-corrected chi connectivity index (χ1v) is 5.11. The Morgan fingerprint density at radius 3 is 2.50 bits per heavy atom. The lowest BCUT2D eigenvalue weighted by molar-refractivity contribution is 0.619. The molecule has 0 spiro atoms. The fourth-order valence-corrected chi connectivity index (χ4v) is 1.42. The number of benzene rings is 2. The van der Waals surface area contributed by atoms with Crippen LogP contribution >= 0.6 is 0 Å². The number of rotatable bonds is 2. The molecule has 2 aromatic rings. The molecule has 1 nitrogen and oxygen atoms in total. The van der Waals surface area contributed by atoms with Gasteiger partial charge in [-0.25, -0.2) is 4.39 Å². The normalized spacial score (nSPS) is 10.9. The quantitative estimate of drug-likeness (QED) is 0.671. The van der Waals surface area contributed by atoms with Crippen LogP contribution < -0.4 is 0 Å². The molecule has 0 heterocycles. The molecule has 0 unspecified atom stereocenters. The van der Waals surface area contributed by atoms with E-state index in [1.165, 1.54) is 6.07 Å². The van der Waals surface area contributed by atoms with Crippen LogP contribution in [-0.4, -0.2) is 6.21 Å². The van der Waals surface area contributed by atoms with Crippen LogP contribution in [0.25, 0.3) is 0 Å². The molecule has 0 amide bonds. The van der Waals surface area contributed by atoms with Crippen molar-refractivity contribution in [3.63, 3.8) is 0 Å². The van der Waals surface area contributed by atoms with Crippen molar-refractivity contribution in [3.05, 3.63) is 65.5 Å². The predicted molar refractivity (Wildman–Crippen MR) is 64.8 cm³/mol. The smallest absolute Gasteiger partial charge is 0.128 e. The highest BCUT2D eigenvalue weighted by Crippen LogP contribution is 2.20. The van der Waals surface area contributed by atoms with E-state index in [-0.39, 0.29) is 5.82 Å². The highest BCUT2D eigenvalue weighted by Gasteiger charge is 2.00. The molecule has 0 fully saturated rings. The van der Waals surface area contributed by atoms with Gasteiger partial charge < -0.3 is 0 Å². The Morgan fingerprint density at radius 1 is 1.00 bits per heavy atom. The van der Waals surface area contributed by atoms with Crippen molar-refractivity contribution in [1.82, 2.24) is 0 Å². The van der Waals surface area contributed by atoms with Gasteiger partial charge in [-0.1, -0.05) is 36.4 Å². The van der Waals surface area contributed by atoms with E-state index in [1.54, 1.807) is 25.3 Å². The molecule has 0 aromatic heterocycles. The zero-order chi connectivity index (χ0) is 11.4. The summed E-state index contributed by atoms with van der Waals surface area (Å²) in [4.78, 5) is 4.27. The lowest BCUT2D eigenvalue weighted by Crippen LogP contribution is -1.83. The van der Waals surface area contributed by atoms with Gasteiger partial charge in [-0.2, -0.15) is 0 Å². The summed E-state index contributed by atoms with van der Waals surface area (Å²) >= 11 is 0. The second-order valence-electron chi connectivity index (χ2n) is 3.55. The van der Waals surface area contributed by atoms with Gasteiger partial charge in [0.25, 0.3) is 0 Å². The third-order valence-corrected chi connectivity index (χ3v) is 2.39. The second-order valence-corrected chi connectivity index (χ2v) is 3.55. The lowest BCUT2D eigenvalue weighted by Gasteiger charge is -2.00. The SMILES string of the molecule is Cc1c(F)cccc1N=Cc1ccccc1. The van der Waals surface area contributed by atoms with Gasteiger partial charge in [-0.15, -0.1) is 0 Å². The van der Waals surface area contributed by atoms with Crippen molar-refractivity contribution < 1.29 is 4.39 Å². The van der Waals surface area contributed by atoms with Gasteiger partial charge in [-0.05, 0) is 24.6 Å². The first kappa shape index (κ1) is 10.6. The van der Waals surface area contributed by atoms with Crippen molar-refractivity contribution >= 4 is 11.9 Å². The van der Waals surface area contributed by atoms with Gasteiger partial charge in [0.2, 0.25) is 0 Å². The van der Waals surface area contributed by atoms with E-state index in [9.17, 15) is 4.39 Å². The molecule has 0 aliphatic rings. The third kappa shape index (κ3) is 2.34. The average molecular weight is 213 g/mol. The number of halogens is 1. The van der Waals surface area contributed by atoms with Crippen LogP contribution in [0.2, 0.25) is 0 Å². The maximum atomic E-state index is 13.2. The van der Waals surface area contributed by atoms with Crippen molar-refractivity contribution in [2.75, 3.05) is 0 Å². The van der Waals surface area contributed by atoms with Gasteiger partial charge >= 0.3 is 0 Å². The van der Waals surface area contributed by atoms with Crippen LogP contribution in [0, 0.1) is 12.7 Å². The number of hydrogen-bond donors (Lipinski definition) is 0. The van der Waals surface area contributed by atoms with E-state index in [0.29, 0.717) is 11.3 Å². The van der Waals surface area contributed by atoms with E-state index in [1.807, 2.05) is 30.3 Å². The molecule has 0 aliphatic heterocycles. The number of nitrogens with zero attached hydrogens (tertiary/aromatic N) is 1. The van der Waals surface area contributed by atoms with Crippen LogP contribution in [0.15, 0.2) is 53.5 Å². The zero-order valence-corrected chi connectivity index (χ0v) is 9.02. The summed E-state index contributed by atoms with van der Waals surface area (Å²) in [7, 11) is 0. The molecule has 0 radical (unpaired) electrons. The van der Waals surface area contributed by atoms with Crippen molar-refractivity contribution in [2.24, 2.45) is 4.99 Å². The summed E-state index contributed by atoms with van der Waals surface area (Å²) < 4.78 is 13.2. The van der Waals surface area contributed by atoms with E-state index >= 15 is 0 Å². The fraction of sp³-hybridized carbons (Fsp3) is 0.0714. The predicted octanol–water partition coefficient (Wildman–Crippen LogP) is 3.88. The summed E-state index contributed by atoms with van der Waals surface area (Å²) in [5.41, 5.74) is 2.25.